The Bertz CT molecular complexity index is 82.7. The van der Waals surface area contributed by atoms with Crippen LogP contribution in [0.2, 0.25) is 0 Å². The quantitative estimate of drug-likeness (QED) is 0.403. The molecule has 10 heavy (non-hydrogen) atoms. The van der Waals surface area contributed by atoms with E-state index < -0.39 is 0 Å². The van der Waals surface area contributed by atoms with Gasteiger partial charge in [-0.1, -0.05) is 0 Å². The predicted molar refractivity (Wildman–Crippen MR) is 45.2 cm³/mol. The summed E-state index contributed by atoms with van der Waals surface area (Å²) in [6.45, 7) is 1.92. The van der Waals surface area contributed by atoms with E-state index in [0.29, 0.717) is 0 Å². The number of alkyl halides is 1. The summed E-state index contributed by atoms with van der Waals surface area (Å²) >= 11 is 5.91. The zero-order valence-corrected chi connectivity index (χ0v) is 7.71. The van der Waals surface area contributed by atoms with E-state index in [1.54, 1.807) is 0 Å². The van der Waals surface area contributed by atoms with Crippen LogP contribution in [0.5, 0.6) is 0 Å². The first-order valence-corrected chi connectivity index (χ1v) is 3.77. The Labute approximate surface area is 67.5 Å². The van der Waals surface area contributed by atoms with Crippen LogP contribution >= 0.6 is 11.6 Å². The third-order valence-corrected chi connectivity index (χ3v) is 2.11. The summed E-state index contributed by atoms with van der Waals surface area (Å²) in [6.07, 6.45) is 0. The molecule has 0 saturated heterocycles. The molecule has 0 radical (unpaired) electrons. The molecule has 0 aromatic rings. The van der Waals surface area contributed by atoms with Crippen LogP contribution < -0.4 is 16.0 Å². The molecule has 0 aliphatic carbocycles. The Morgan fingerprint density at radius 2 is 1.40 bits per heavy atom. The van der Waals surface area contributed by atoms with Gasteiger partial charge in [0.15, 0.2) is 0 Å². The number of nitrogens with one attached hydrogen (secondary N) is 3. The Hall–Kier alpha value is 0.170. The van der Waals surface area contributed by atoms with E-state index in [4.69, 9.17) is 11.6 Å². The van der Waals surface area contributed by atoms with Gasteiger partial charge in [-0.25, -0.2) is 0 Å². The lowest BCUT2D eigenvalue weighted by atomic mass is 10.2. The molecule has 0 spiro atoms. The smallest absolute Gasteiger partial charge is 0.139 e. The Kier molecular flexibility index (Phi) is 4.20. The van der Waals surface area contributed by atoms with Crippen molar-refractivity contribution in [2.24, 2.45) is 0 Å². The van der Waals surface area contributed by atoms with E-state index in [9.17, 15) is 0 Å². The molecule has 1 unspecified atom stereocenters. The Morgan fingerprint density at radius 3 is 1.40 bits per heavy atom. The predicted octanol–water partition coefficient (Wildman–Crippen LogP) is -0.0743. The van der Waals surface area contributed by atoms with E-state index in [1.807, 2.05) is 28.1 Å². The van der Waals surface area contributed by atoms with E-state index >= 15 is 0 Å². The number of rotatable bonds is 4. The summed E-state index contributed by atoms with van der Waals surface area (Å²) in [5, 5.41) is 9.16. The van der Waals surface area contributed by atoms with Crippen molar-refractivity contribution in [2.45, 2.75) is 18.1 Å². The molecule has 0 aromatic heterocycles. The second-order valence-corrected chi connectivity index (χ2v) is 2.83. The van der Waals surface area contributed by atoms with Gasteiger partial charge in [0, 0.05) is 0 Å². The molecular formula is C6H16ClN3. The van der Waals surface area contributed by atoms with Gasteiger partial charge in [-0.15, -0.1) is 11.6 Å². The van der Waals surface area contributed by atoms with Gasteiger partial charge in [-0.3, -0.25) is 16.0 Å². The van der Waals surface area contributed by atoms with Crippen LogP contribution in [0.3, 0.4) is 0 Å². The largest absolute Gasteiger partial charge is 0.289 e. The van der Waals surface area contributed by atoms with E-state index in [2.05, 4.69) is 16.0 Å². The summed E-state index contributed by atoms with van der Waals surface area (Å²) in [5.74, 6) is -0.360. The van der Waals surface area contributed by atoms with Crippen molar-refractivity contribution >= 4 is 11.6 Å². The van der Waals surface area contributed by atoms with Crippen LogP contribution in [0, 0.1) is 0 Å². The van der Waals surface area contributed by atoms with Gasteiger partial charge < -0.3 is 0 Å². The zero-order chi connectivity index (χ0) is 8.20. The van der Waals surface area contributed by atoms with Crippen LogP contribution in [0.15, 0.2) is 0 Å². The minimum Gasteiger partial charge on any atom is -0.289 e. The summed E-state index contributed by atoms with van der Waals surface area (Å²) in [7, 11) is 5.56. The lowest BCUT2D eigenvalue weighted by Gasteiger charge is -2.35. The summed E-state index contributed by atoms with van der Waals surface area (Å²) < 4.78 is 0. The molecular weight excluding hydrogens is 150 g/mol. The van der Waals surface area contributed by atoms with Crippen molar-refractivity contribution in [1.29, 1.82) is 0 Å². The second-order valence-electron chi connectivity index (χ2n) is 2.17. The maximum Gasteiger partial charge on any atom is 0.139 e. The molecule has 3 N–H and O–H groups in total. The molecule has 0 rings (SSSR count). The normalized spacial score (nSPS) is 15.3. The molecule has 0 aliphatic rings. The van der Waals surface area contributed by atoms with Gasteiger partial charge >= 0.3 is 0 Å². The van der Waals surface area contributed by atoms with Crippen molar-refractivity contribution in [2.75, 3.05) is 21.1 Å². The third-order valence-electron chi connectivity index (χ3n) is 1.78. The molecule has 0 aromatic carbocycles. The van der Waals surface area contributed by atoms with Gasteiger partial charge in [0.1, 0.15) is 5.79 Å². The Morgan fingerprint density at radius 1 is 1.10 bits per heavy atom. The van der Waals surface area contributed by atoms with Crippen LogP contribution in [0.4, 0.5) is 0 Å². The fraction of sp³-hybridized carbons (Fsp3) is 1.00. The minimum atomic E-state index is -0.360. The van der Waals surface area contributed by atoms with Crippen LogP contribution in [-0.2, 0) is 0 Å². The van der Waals surface area contributed by atoms with Gasteiger partial charge in [0.25, 0.3) is 0 Å². The van der Waals surface area contributed by atoms with Crippen LogP contribution in [0.1, 0.15) is 6.92 Å². The van der Waals surface area contributed by atoms with Crippen molar-refractivity contribution in [3.63, 3.8) is 0 Å². The summed E-state index contributed by atoms with van der Waals surface area (Å²) in [6, 6.07) is 0. The average molecular weight is 166 g/mol. The highest BCUT2D eigenvalue weighted by molar-refractivity contribution is 6.21. The Balaban J connectivity index is 4.15. The summed E-state index contributed by atoms with van der Waals surface area (Å²) in [4.78, 5) is 0. The van der Waals surface area contributed by atoms with Crippen molar-refractivity contribution in [1.82, 2.24) is 16.0 Å². The summed E-state index contributed by atoms with van der Waals surface area (Å²) in [5.41, 5.74) is 0. The number of hydrogen-bond acceptors (Lipinski definition) is 3. The molecule has 4 heteroatoms. The standard InChI is InChI=1S/C6H16ClN3/c1-5(7)6(8-2,9-3)10-4/h5,8-10H,1-4H3. The lowest BCUT2D eigenvalue weighted by Crippen LogP contribution is -2.67. The van der Waals surface area contributed by atoms with E-state index in [-0.39, 0.29) is 11.2 Å². The fourth-order valence-electron chi connectivity index (χ4n) is 0.972. The molecule has 0 heterocycles. The zero-order valence-electron chi connectivity index (χ0n) is 6.96. The van der Waals surface area contributed by atoms with Gasteiger partial charge in [0.05, 0.1) is 5.38 Å². The lowest BCUT2D eigenvalue weighted by molar-refractivity contribution is 0.242. The first-order valence-electron chi connectivity index (χ1n) is 3.33. The molecule has 0 aliphatic heterocycles. The monoisotopic (exact) mass is 165 g/mol. The highest BCUT2D eigenvalue weighted by atomic mass is 35.5. The molecule has 0 saturated carbocycles. The van der Waals surface area contributed by atoms with Crippen molar-refractivity contribution in [3.8, 4) is 0 Å². The molecule has 1 atom stereocenters. The van der Waals surface area contributed by atoms with Gasteiger partial charge in [-0.05, 0) is 28.1 Å². The molecule has 62 valence electrons. The number of halogens is 1. The second kappa shape index (κ2) is 4.13. The van der Waals surface area contributed by atoms with E-state index in [0.717, 1.165) is 0 Å². The highest BCUT2D eigenvalue weighted by Crippen LogP contribution is 2.07. The maximum absolute atomic E-state index is 5.91. The number of hydrogen-bond donors (Lipinski definition) is 3. The topological polar surface area (TPSA) is 36.1 Å². The molecule has 0 amide bonds. The fourth-order valence-corrected chi connectivity index (χ4v) is 1.30. The SMILES string of the molecule is CNC(NC)(NC)C(C)Cl. The van der Waals surface area contributed by atoms with E-state index in [1.165, 1.54) is 0 Å². The van der Waals surface area contributed by atoms with Crippen LogP contribution in [-0.4, -0.2) is 32.3 Å². The molecule has 3 nitrogen and oxygen atoms in total. The maximum atomic E-state index is 5.91. The average Bonchev–Trinajstić information content (AvgIpc) is 1.92. The first kappa shape index (κ1) is 10.2. The third kappa shape index (κ3) is 1.83. The van der Waals surface area contributed by atoms with Gasteiger partial charge in [0.2, 0.25) is 0 Å². The molecule has 0 fully saturated rings. The minimum absolute atomic E-state index is 0.0208. The highest BCUT2D eigenvalue weighted by Gasteiger charge is 2.29. The van der Waals surface area contributed by atoms with Gasteiger partial charge in [-0.2, -0.15) is 0 Å². The van der Waals surface area contributed by atoms with Crippen molar-refractivity contribution < 1.29 is 0 Å². The first-order chi connectivity index (χ1) is 4.63. The van der Waals surface area contributed by atoms with Crippen molar-refractivity contribution in [3.05, 3.63) is 0 Å². The molecule has 0 bridgehead atoms. The van der Waals surface area contributed by atoms with Crippen LogP contribution in [0.25, 0.3) is 0 Å².